The molecule has 1 aromatic carbocycles. The zero-order chi connectivity index (χ0) is 14.7. The summed E-state index contributed by atoms with van der Waals surface area (Å²) in [7, 11) is 1.65. The van der Waals surface area contributed by atoms with Crippen LogP contribution in [0.15, 0.2) is 30.3 Å². The highest BCUT2D eigenvalue weighted by atomic mass is 16.6. The second-order valence-electron chi connectivity index (χ2n) is 5.12. The molecule has 112 valence electrons. The first-order chi connectivity index (χ1) is 10.3. The van der Waals surface area contributed by atoms with Gasteiger partial charge in [0.15, 0.2) is 0 Å². The minimum absolute atomic E-state index is 0.133. The van der Waals surface area contributed by atoms with E-state index >= 15 is 0 Å². The number of rotatable bonds is 5. The summed E-state index contributed by atoms with van der Waals surface area (Å²) in [5.41, 5.74) is 1.59. The average molecular weight is 289 g/mol. The van der Waals surface area contributed by atoms with Gasteiger partial charge in [0.25, 0.3) is 0 Å². The van der Waals surface area contributed by atoms with Gasteiger partial charge in [-0.3, -0.25) is 0 Å². The van der Waals surface area contributed by atoms with Gasteiger partial charge >= 0.3 is 5.97 Å². The molecule has 0 saturated carbocycles. The van der Waals surface area contributed by atoms with Crippen LogP contribution in [-0.2, 0) is 20.8 Å². The molecule has 1 fully saturated rings. The van der Waals surface area contributed by atoms with Crippen molar-refractivity contribution in [2.45, 2.75) is 19.1 Å². The fourth-order valence-corrected chi connectivity index (χ4v) is 2.62. The average Bonchev–Trinajstić information content (AvgIpc) is 3.12. The van der Waals surface area contributed by atoms with Gasteiger partial charge in [0.1, 0.15) is 11.8 Å². The summed E-state index contributed by atoms with van der Waals surface area (Å²) in [5.74, 6) is -0.294. The Bertz CT molecular complexity index is 628. The molecule has 0 N–H and O–H groups in total. The summed E-state index contributed by atoms with van der Waals surface area (Å²) in [5, 5.41) is 1.03. The number of aromatic nitrogens is 1. The van der Waals surface area contributed by atoms with E-state index in [1.165, 1.54) is 0 Å². The second kappa shape index (κ2) is 6.28. The van der Waals surface area contributed by atoms with E-state index in [1.807, 2.05) is 34.9 Å². The molecule has 1 saturated heterocycles. The second-order valence-corrected chi connectivity index (χ2v) is 5.12. The minimum atomic E-state index is -0.294. The summed E-state index contributed by atoms with van der Waals surface area (Å²) in [6.45, 7) is 2.32. The highest BCUT2D eigenvalue weighted by molar-refractivity contribution is 5.95. The number of fused-ring (bicyclic) bond motifs is 1. The van der Waals surface area contributed by atoms with Crippen molar-refractivity contribution in [3.05, 3.63) is 36.0 Å². The van der Waals surface area contributed by atoms with Gasteiger partial charge in [0.2, 0.25) is 0 Å². The molecule has 1 aromatic heterocycles. The van der Waals surface area contributed by atoms with Crippen molar-refractivity contribution in [3.63, 3.8) is 0 Å². The van der Waals surface area contributed by atoms with E-state index in [4.69, 9.17) is 14.2 Å². The molecule has 2 aromatic rings. The van der Waals surface area contributed by atoms with Crippen molar-refractivity contribution in [2.24, 2.45) is 0 Å². The molecule has 1 aliphatic rings. The standard InChI is InChI=1S/C16H19NO4/c1-19-9-7-17-14-5-3-2-4-12(14)10-15(17)16(18)21-13-6-8-20-11-13/h2-5,10,13H,6-9,11H2,1H3. The van der Waals surface area contributed by atoms with E-state index in [9.17, 15) is 4.79 Å². The number of carbonyl (C=O) groups is 1. The minimum Gasteiger partial charge on any atom is -0.455 e. The van der Waals surface area contributed by atoms with Crippen LogP contribution >= 0.6 is 0 Å². The Hall–Kier alpha value is -1.85. The van der Waals surface area contributed by atoms with Crippen LogP contribution in [0, 0.1) is 0 Å². The molecular weight excluding hydrogens is 270 g/mol. The lowest BCUT2D eigenvalue weighted by Crippen LogP contribution is -2.21. The van der Waals surface area contributed by atoms with Crippen molar-refractivity contribution in [1.29, 1.82) is 0 Å². The summed E-state index contributed by atoms with van der Waals surface area (Å²) < 4.78 is 17.9. The third-order valence-corrected chi connectivity index (χ3v) is 3.70. The monoisotopic (exact) mass is 289 g/mol. The Morgan fingerprint density at radius 2 is 2.29 bits per heavy atom. The quantitative estimate of drug-likeness (QED) is 0.792. The van der Waals surface area contributed by atoms with Crippen LogP contribution in [0.4, 0.5) is 0 Å². The van der Waals surface area contributed by atoms with Crippen LogP contribution in [0.2, 0.25) is 0 Å². The molecule has 2 heterocycles. The zero-order valence-electron chi connectivity index (χ0n) is 12.1. The van der Waals surface area contributed by atoms with E-state index in [1.54, 1.807) is 7.11 Å². The van der Waals surface area contributed by atoms with E-state index in [-0.39, 0.29) is 12.1 Å². The Labute approximate surface area is 123 Å². The largest absolute Gasteiger partial charge is 0.455 e. The van der Waals surface area contributed by atoms with Gasteiger partial charge in [0.05, 0.1) is 19.8 Å². The lowest BCUT2D eigenvalue weighted by molar-refractivity contribution is 0.0258. The van der Waals surface area contributed by atoms with Crippen molar-refractivity contribution >= 4 is 16.9 Å². The predicted octanol–water partition coefficient (Wildman–Crippen LogP) is 2.23. The third-order valence-electron chi connectivity index (χ3n) is 3.70. The molecule has 3 rings (SSSR count). The van der Waals surface area contributed by atoms with Crippen LogP contribution < -0.4 is 0 Å². The van der Waals surface area contributed by atoms with Gasteiger partial charge in [-0.15, -0.1) is 0 Å². The lowest BCUT2D eigenvalue weighted by atomic mass is 10.2. The zero-order valence-corrected chi connectivity index (χ0v) is 12.1. The number of nitrogens with zero attached hydrogens (tertiary/aromatic N) is 1. The fraction of sp³-hybridized carbons (Fsp3) is 0.438. The normalized spacial score (nSPS) is 18.2. The lowest BCUT2D eigenvalue weighted by Gasteiger charge is -2.13. The van der Waals surface area contributed by atoms with E-state index in [2.05, 4.69) is 0 Å². The number of esters is 1. The summed E-state index contributed by atoms with van der Waals surface area (Å²) in [6, 6.07) is 9.80. The fourth-order valence-electron chi connectivity index (χ4n) is 2.62. The summed E-state index contributed by atoms with van der Waals surface area (Å²) in [6.07, 6.45) is 0.635. The third kappa shape index (κ3) is 2.94. The van der Waals surface area contributed by atoms with E-state index < -0.39 is 0 Å². The van der Waals surface area contributed by atoms with Crippen LogP contribution in [0.1, 0.15) is 16.9 Å². The topological polar surface area (TPSA) is 49.7 Å². The Morgan fingerprint density at radius 1 is 1.43 bits per heavy atom. The molecule has 5 nitrogen and oxygen atoms in total. The molecule has 0 spiro atoms. The van der Waals surface area contributed by atoms with Gasteiger partial charge in [-0.25, -0.2) is 4.79 Å². The Morgan fingerprint density at radius 3 is 3.05 bits per heavy atom. The van der Waals surface area contributed by atoms with E-state index in [0.29, 0.717) is 32.1 Å². The molecule has 0 aliphatic carbocycles. The van der Waals surface area contributed by atoms with Crippen LogP contribution in [0.3, 0.4) is 0 Å². The highest BCUT2D eigenvalue weighted by Crippen LogP contribution is 2.21. The highest BCUT2D eigenvalue weighted by Gasteiger charge is 2.23. The molecule has 1 unspecified atom stereocenters. The molecule has 1 aliphatic heterocycles. The first kappa shape index (κ1) is 14.1. The van der Waals surface area contributed by atoms with Gasteiger partial charge in [-0.2, -0.15) is 0 Å². The van der Waals surface area contributed by atoms with E-state index in [0.717, 1.165) is 17.3 Å². The number of hydrogen-bond acceptors (Lipinski definition) is 4. The number of ether oxygens (including phenoxy) is 3. The maximum atomic E-state index is 12.4. The van der Waals surface area contributed by atoms with Crippen LogP contribution in [-0.4, -0.2) is 43.6 Å². The summed E-state index contributed by atoms with van der Waals surface area (Å²) >= 11 is 0. The number of benzene rings is 1. The van der Waals surface area contributed by atoms with Gasteiger partial charge in [-0.05, 0) is 12.1 Å². The van der Waals surface area contributed by atoms with Gasteiger partial charge < -0.3 is 18.8 Å². The van der Waals surface area contributed by atoms with Gasteiger partial charge in [-0.1, -0.05) is 18.2 Å². The van der Waals surface area contributed by atoms with Crippen LogP contribution in [0.5, 0.6) is 0 Å². The first-order valence-electron chi connectivity index (χ1n) is 7.15. The molecule has 1 atom stereocenters. The molecular formula is C16H19NO4. The first-order valence-corrected chi connectivity index (χ1v) is 7.15. The number of para-hydroxylation sites is 1. The SMILES string of the molecule is COCCn1c(C(=O)OC2CCOC2)cc2ccccc21. The smallest absolute Gasteiger partial charge is 0.355 e. The van der Waals surface area contributed by atoms with Crippen molar-refractivity contribution < 1.29 is 19.0 Å². The van der Waals surface area contributed by atoms with Crippen LogP contribution in [0.25, 0.3) is 10.9 Å². The number of hydrogen-bond donors (Lipinski definition) is 0. The number of carbonyl (C=O) groups excluding carboxylic acids is 1. The molecule has 0 amide bonds. The molecule has 0 radical (unpaired) electrons. The van der Waals surface area contributed by atoms with Crippen molar-refractivity contribution in [2.75, 3.05) is 26.9 Å². The van der Waals surface area contributed by atoms with Crippen molar-refractivity contribution in [1.82, 2.24) is 4.57 Å². The predicted molar refractivity (Wildman–Crippen MR) is 78.5 cm³/mol. The summed E-state index contributed by atoms with van der Waals surface area (Å²) in [4.78, 5) is 12.4. The van der Waals surface area contributed by atoms with Gasteiger partial charge in [0, 0.05) is 31.0 Å². The molecule has 5 heteroatoms. The molecule has 21 heavy (non-hydrogen) atoms. The maximum absolute atomic E-state index is 12.4. The van der Waals surface area contributed by atoms with Crippen molar-refractivity contribution in [3.8, 4) is 0 Å². The maximum Gasteiger partial charge on any atom is 0.355 e. The number of methoxy groups -OCH3 is 1. The molecule has 0 bridgehead atoms. The Kier molecular flexibility index (Phi) is 4.22. The Balaban J connectivity index is 1.89.